The van der Waals surface area contributed by atoms with Crippen LogP contribution in [0.1, 0.15) is 6.92 Å². The molecule has 36 heavy (non-hydrogen) atoms. The summed E-state index contributed by atoms with van der Waals surface area (Å²) in [5.41, 5.74) is 5.51. The van der Waals surface area contributed by atoms with E-state index in [1.165, 1.54) is 0 Å². The van der Waals surface area contributed by atoms with Crippen LogP contribution in [0.25, 0.3) is 49.8 Å². The van der Waals surface area contributed by atoms with Crippen LogP contribution in [0, 0.1) is 0 Å². The molecule has 0 atom stereocenters. The fourth-order valence-electron chi connectivity index (χ4n) is 3.98. The lowest BCUT2D eigenvalue weighted by Gasteiger charge is -2.12. The first-order chi connectivity index (χ1) is 17.3. The summed E-state index contributed by atoms with van der Waals surface area (Å²) < 4.78 is 32.8. The van der Waals surface area contributed by atoms with Gasteiger partial charge in [0.2, 0.25) is 0 Å². The Bertz CT molecular complexity index is 1760. The van der Waals surface area contributed by atoms with Crippen LogP contribution in [0.3, 0.4) is 0 Å². The Morgan fingerprint density at radius 1 is 0.750 bits per heavy atom. The van der Waals surface area contributed by atoms with Gasteiger partial charge < -0.3 is 0 Å². The van der Waals surface area contributed by atoms with Crippen molar-refractivity contribution in [2.75, 3.05) is 0 Å². The Balaban J connectivity index is 0.000000489. The van der Waals surface area contributed by atoms with Crippen molar-refractivity contribution in [3.63, 3.8) is 0 Å². The van der Waals surface area contributed by atoms with Crippen molar-refractivity contribution in [3.05, 3.63) is 108 Å². The summed E-state index contributed by atoms with van der Waals surface area (Å²) >= 11 is 0. The van der Waals surface area contributed by atoms with Crippen LogP contribution >= 0.6 is 0 Å². The second kappa shape index (κ2) is 9.22. The minimum atomic E-state index is -4.00. The number of alkyl halides is 3. The standard InChI is InChI=1S/C26H16N4O.C2H3F3/c31-24-13-10-18-15-28-23-12-11-22(19-14-17-6-4-5-9-21(17)27-16-19)29-25(23)26(18)30(24)20-7-2-1-3-8-20;1-2(3,4)5/h1-16H;1H3. The maximum atomic E-state index is 12.9. The van der Waals surface area contributed by atoms with Crippen LogP contribution in [-0.2, 0) is 0 Å². The highest BCUT2D eigenvalue weighted by molar-refractivity contribution is 6.02. The molecule has 0 saturated carbocycles. The second-order valence-corrected chi connectivity index (χ2v) is 8.17. The third-order valence-corrected chi connectivity index (χ3v) is 5.46. The number of hydrogen-bond acceptors (Lipinski definition) is 4. The van der Waals surface area contributed by atoms with Gasteiger partial charge in [-0.15, -0.1) is 0 Å². The van der Waals surface area contributed by atoms with Crippen molar-refractivity contribution < 1.29 is 13.2 Å². The molecule has 0 aliphatic carbocycles. The topological polar surface area (TPSA) is 60.7 Å². The van der Waals surface area contributed by atoms with E-state index in [-0.39, 0.29) is 12.5 Å². The zero-order chi connectivity index (χ0) is 25.3. The maximum absolute atomic E-state index is 12.9. The van der Waals surface area contributed by atoms with E-state index in [0.29, 0.717) is 5.52 Å². The van der Waals surface area contributed by atoms with E-state index in [4.69, 9.17) is 4.98 Å². The summed E-state index contributed by atoms with van der Waals surface area (Å²) in [5.74, 6) is 0. The largest absolute Gasteiger partial charge is 0.386 e. The molecule has 0 bridgehead atoms. The van der Waals surface area contributed by atoms with Crippen molar-refractivity contribution in [2.45, 2.75) is 13.1 Å². The molecule has 0 unspecified atom stereocenters. The van der Waals surface area contributed by atoms with Gasteiger partial charge in [0.15, 0.2) is 0 Å². The monoisotopic (exact) mass is 484 g/mol. The summed E-state index contributed by atoms with van der Waals surface area (Å²) in [6.45, 7) is 0.188. The molecule has 0 radical (unpaired) electrons. The van der Waals surface area contributed by atoms with E-state index in [0.717, 1.165) is 44.3 Å². The van der Waals surface area contributed by atoms with Gasteiger partial charge in [-0.05, 0) is 42.5 Å². The van der Waals surface area contributed by atoms with Gasteiger partial charge in [-0.1, -0.05) is 36.4 Å². The Labute approximate surface area is 203 Å². The highest BCUT2D eigenvalue weighted by Crippen LogP contribution is 2.27. The van der Waals surface area contributed by atoms with E-state index in [1.54, 1.807) is 22.9 Å². The second-order valence-electron chi connectivity index (χ2n) is 8.17. The predicted octanol–water partition coefficient (Wildman–Crippen LogP) is 6.72. The SMILES string of the molecule is CC(F)(F)F.O=c1ccc2cnc3ccc(-c4cnc5ccccc5c4)nc3c2n1-c1ccccc1. The Morgan fingerprint density at radius 2 is 1.44 bits per heavy atom. The van der Waals surface area contributed by atoms with Crippen LogP contribution in [-0.4, -0.2) is 25.7 Å². The molecule has 178 valence electrons. The van der Waals surface area contributed by atoms with Gasteiger partial charge in [-0.2, -0.15) is 13.2 Å². The van der Waals surface area contributed by atoms with Crippen LogP contribution in [0.5, 0.6) is 0 Å². The van der Waals surface area contributed by atoms with Crippen molar-refractivity contribution in [1.29, 1.82) is 0 Å². The molecule has 2 aromatic carbocycles. The zero-order valence-corrected chi connectivity index (χ0v) is 19.1. The molecule has 0 aliphatic rings. The van der Waals surface area contributed by atoms with Gasteiger partial charge in [0, 0.05) is 47.4 Å². The molecule has 0 amide bonds. The maximum Gasteiger partial charge on any atom is 0.386 e. The van der Waals surface area contributed by atoms with Crippen LogP contribution in [0.4, 0.5) is 13.2 Å². The van der Waals surface area contributed by atoms with Crippen LogP contribution in [0.2, 0.25) is 0 Å². The molecular weight excluding hydrogens is 465 g/mol. The predicted molar refractivity (Wildman–Crippen MR) is 135 cm³/mol. The molecule has 0 N–H and O–H groups in total. The first-order valence-electron chi connectivity index (χ1n) is 11.1. The molecular formula is C28H19F3N4O. The number of benzene rings is 2. The lowest BCUT2D eigenvalue weighted by atomic mass is 10.1. The minimum absolute atomic E-state index is 0.106. The Hall–Kier alpha value is -4.59. The zero-order valence-electron chi connectivity index (χ0n) is 19.1. The summed E-state index contributed by atoms with van der Waals surface area (Å²) in [7, 11) is 0. The van der Waals surface area contributed by atoms with Crippen LogP contribution in [0.15, 0.2) is 102 Å². The summed E-state index contributed by atoms with van der Waals surface area (Å²) in [4.78, 5) is 27.0. The number of hydrogen-bond donors (Lipinski definition) is 0. The smallest absolute Gasteiger partial charge is 0.275 e. The molecule has 4 heterocycles. The first kappa shape index (κ1) is 23.2. The molecule has 5 nitrogen and oxygen atoms in total. The quantitative estimate of drug-likeness (QED) is 0.256. The molecule has 0 spiro atoms. The number of rotatable bonds is 2. The summed E-state index contributed by atoms with van der Waals surface area (Å²) in [6.07, 6.45) is -0.380. The summed E-state index contributed by atoms with van der Waals surface area (Å²) in [5, 5.41) is 1.91. The van der Waals surface area contributed by atoms with Gasteiger partial charge in [0.1, 0.15) is 5.52 Å². The lowest BCUT2D eigenvalue weighted by molar-refractivity contribution is -0.110. The number of nitrogens with zero attached hydrogens (tertiary/aromatic N) is 4. The van der Waals surface area contributed by atoms with Gasteiger partial charge in [0.25, 0.3) is 5.56 Å². The van der Waals surface area contributed by atoms with Crippen molar-refractivity contribution in [1.82, 2.24) is 19.5 Å². The third kappa shape index (κ3) is 4.79. The Kier molecular flexibility index (Phi) is 5.93. The summed E-state index contributed by atoms with van der Waals surface area (Å²) in [6, 6.07) is 27.0. The van der Waals surface area contributed by atoms with Crippen molar-refractivity contribution in [3.8, 4) is 16.9 Å². The fraction of sp³-hybridized carbons (Fsp3) is 0.0714. The average Bonchev–Trinajstić information content (AvgIpc) is 2.87. The number of pyridine rings is 4. The molecule has 4 aromatic heterocycles. The Morgan fingerprint density at radius 3 is 2.22 bits per heavy atom. The van der Waals surface area contributed by atoms with Gasteiger partial charge in [0.05, 0.1) is 22.2 Å². The van der Waals surface area contributed by atoms with E-state index >= 15 is 0 Å². The van der Waals surface area contributed by atoms with Crippen molar-refractivity contribution >= 4 is 32.8 Å². The normalized spacial score (nSPS) is 11.4. The number of para-hydroxylation sites is 2. The number of halogens is 3. The van der Waals surface area contributed by atoms with Crippen molar-refractivity contribution in [2.24, 2.45) is 0 Å². The van der Waals surface area contributed by atoms with E-state index in [9.17, 15) is 18.0 Å². The van der Waals surface area contributed by atoms with Gasteiger partial charge in [-0.25, -0.2) is 4.98 Å². The van der Waals surface area contributed by atoms with E-state index in [1.807, 2.05) is 72.9 Å². The fourth-order valence-corrected chi connectivity index (χ4v) is 3.98. The molecule has 0 saturated heterocycles. The van der Waals surface area contributed by atoms with Crippen LogP contribution < -0.4 is 5.56 Å². The third-order valence-electron chi connectivity index (χ3n) is 5.46. The molecule has 6 rings (SSSR count). The number of aromatic nitrogens is 4. The lowest BCUT2D eigenvalue weighted by Crippen LogP contribution is -2.17. The number of fused-ring (bicyclic) bond motifs is 4. The molecule has 0 aliphatic heterocycles. The van der Waals surface area contributed by atoms with Gasteiger partial charge in [-0.3, -0.25) is 19.3 Å². The van der Waals surface area contributed by atoms with Gasteiger partial charge >= 0.3 is 6.18 Å². The first-order valence-corrected chi connectivity index (χ1v) is 11.1. The van der Waals surface area contributed by atoms with E-state index in [2.05, 4.69) is 16.0 Å². The van der Waals surface area contributed by atoms with E-state index < -0.39 is 6.18 Å². The molecule has 8 heteroatoms. The molecule has 6 aromatic rings. The average molecular weight is 484 g/mol. The molecule has 0 fully saturated rings. The highest BCUT2D eigenvalue weighted by Gasteiger charge is 2.15. The highest BCUT2D eigenvalue weighted by atomic mass is 19.4. The minimum Gasteiger partial charge on any atom is -0.275 e.